The fraction of sp³-hybridized carbons (Fsp3) is 0.111. The minimum Gasteiger partial charge on any atom is -0.488 e. The molecule has 1 N–H and O–H groups in total. The first kappa shape index (κ1) is 20.1. The zero-order chi connectivity index (χ0) is 20.6. The lowest BCUT2D eigenvalue weighted by Gasteiger charge is -2.09. The fourth-order valence-electron chi connectivity index (χ4n) is 2.26. The summed E-state index contributed by atoms with van der Waals surface area (Å²) in [5.41, 5.74) is 4.03. The predicted octanol–water partition coefficient (Wildman–Crippen LogP) is 2.68. The number of para-hydroxylation sites is 1. The summed E-state index contributed by atoms with van der Waals surface area (Å²) in [6, 6.07) is 15.0. The normalized spacial score (nSPS) is 10.8. The molecule has 0 spiro atoms. The molecule has 0 aliphatic carbocycles. The van der Waals surface area contributed by atoms with Crippen molar-refractivity contribution >= 4 is 34.0 Å². The second-order valence-electron chi connectivity index (χ2n) is 5.75. The molecule has 0 radical (unpaired) electrons. The van der Waals surface area contributed by atoms with Gasteiger partial charge in [-0.15, -0.1) is 0 Å². The molecule has 1 heterocycles. The summed E-state index contributed by atoms with van der Waals surface area (Å²) < 4.78 is 7.88. The van der Waals surface area contributed by atoms with Crippen LogP contribution in [-0.4, -0.2) is 31.8 Å². The Morgan fingerprint density at radius 3 is 2.76 bits per heavy atom. The van der Waals surface area contributed by atoms with Crippen LogP contribution in [0.3, 0.4) is 0 Å². The van der Waals surface area contributed by atoms with Gasteiger partial charge in [-0.25, -0.2) is 5.43 Å². The maximum atomic E-state index is 11.9. The maximum Gasteiger partial charge on any atom is 0.490 e. The standard InChI is InChI=1S/C18H15BrN6O4/c19-15-7-5-13(6-8-15)11-29-16-4-2-1-3-14(16)9-21-22-17(26)10-24-12-20-18(23-24)25(27)28/h1-9,12H,10-11H2,(H,22,26)/b21-9+. The van der Waals surface area contributed by atoms with Crippen molar-refractivity contribution < 1.29 is 14.5 Å². The van der Waals surface area contributed by atoms with E-state index in [2.05, 4.69) is 36.5 Å². The third-order valence-corrected chi connectivity index (χ3v) is 4.14. The summed E-state index contributed by atoms with van der Waals surface area (Å²) in [5.74, 6) is -0.465. The summed E-state index contributed by atoms with van der Waals surface area (Å²) in [7, 11) is 0. The van der Waals surface area contributed by atoms with E-state index in [1.807, 2.05) is 36.4 Å². The minimum absolute atomic E-state index is 0.250. The molecule has 0 saturated heterocycles. The Bertz CT molecular complexity index is 1030. The van der Waals surface area contributed by atoms with Crippen molar-refractivity contribution in [2.45, 2.75) is 13.2 Å². The monoisotopic (exact) mass is 458 g/mol. The summed E-state index contributed by atoms with van der Waals surface area (Å²) in [6.07, 6.45) is 2.56. The number of hydrogen-bond acceptors (Lipinski definition) is 7. The van der Waals surface area contributed by atoms with Gasteiger partial charge < -0.3 is 14.9 Å². The van der Waals surface area contributed by atoms with Gasteiger partial charge in [-0.2, -0.15) is 9.78 Å². The van der Waals surface area contributed by atoms with E-state index in [4.69, 9.17) is 4.74 Å². The molecule has 3 aromatic rings. The third kappa shape index (κ3) is 5.94. The van der Waals surface area contributed by atoms with E-state index < -0.39 is 16.8 Å². The van der Waals surface area contributed by atoms with Gasteiger partial charge in [0.05, 0.1) is 6.21 Å². The van der Waals surface area contributed by atoms with Gasteiger partial charge in [0.15, 0.2) is 0 Å². The Morgan fingerprint density at radius 1 is 1.28 bits per heavy atom. The van der Waals surface area contributed by atoms with Gasteiger partial charge >= 0.3 is 5.95 Å². The van der Waals surface area contributed by atoms with Crippen molar-refractivity contribution in [1.82, 2.24) is 20.2 Å². The van der Waals surface area contributed by atoms with Crippen LogP contribution in [0.5, 0.6) is 5.75 Å². The van der Waals surface area contributed by atoms with E-state index in [-0.39, 0.29) is 6.54 Å². The molecule has 10 nitrogen and oxygen atoms in total. The van der Waals surface area contributed by atoms with Crippen molar-refractivity contribution in [3.8, 4) is 5.75 Å². The Morgan fingerprint density at radius 2 is 2.03 bits per heavy atom. The molecule has 2 aromatic carbocycles. The summed E-state index contributed by atoms with van der Waals surface area (Å²) in [4.78, 5) is 25.2. The summed E-state index contributed by atoms with van der Waals surface area (Å²) in [6.45, 7) is 0.134. The maximum absolute atomic E-state index is 11.9. The lowest BCUT2D eigenvalue weighted by molar-refractivity contribution is -0.394. The van der Waals surface area contributed by atoms with Crippen LogP contribution in [0.25, 0.3) is 0 Å². The van der Waals surface area contributed by atoms with Crippen molar-refractivity contribution in [1.29, 1.82) is 0 Å². The molecule has 1 aromatic heterocycles. The number of carbonyl (C=O) groups is 1. The van der Waals surface area contributed by atoms with Gasteiger partial charge in [0.2, 0.25) is 6.33 Å². The third-order valence-electron chi connectivity index (χ3n) is 3.61. The highest BCUT2D eigenvalue weighted by Gasteiger charge is 2.14. The van der Waals surface area contributed by atoms with Gasteiger partial charge in [-0.1, -0.05) is 45.2 Å². The molecule has 0 unspecified atom stereocenters. The van der Waals surface area contributed by atoms with E-state index in [0.717, 1.165) is 21.0 Å². The topological polar surface area (TPSA) is 125 Å². The molecule has 0 aliphatic heterocycles. The number of nitrogens with one attached hydrogen (secondary N) is 1. The van der Waals surface area contributed by atoms with E-state index in [1.165, 1.54) is 6.21 Å². The number of rotatable bonds is 8. The van der Waals surface area contributed by atoms with Crippen LogP contribution >= 0.6 is 15.9 Å². The Balaban J connectivity index is 1.56. The van der Waals surface area contributed by atoms with Crippen molar-refractivity contribution in [2.24, 2.45) is 5.10 Å². The molecular weight excluding hydrogens is 444 g/mol. The minimum atomic E-state index is -0.738. The number of nitro groups is 1. The van der Waals surface area contributed by atoms with Gasteiger partial charge in [-0.3, -0.25) is 4.79 Å². The van der Waals surface area contributed by atoms with Crippen LogP contribution in [0, 0.1) is 10.1 Å². The number of benzene rings is 2. The molecule has 0 bridgehead atoms. The smallest absolute Gasteiger partial charge is 0.488 e. The molecule has 29 heavy (non-hydrogen) atoms. The number of ether oxygens (including phenoxy) is 1. The first-order valence-electron chi connectivity index (χ1n) is 8.33. The average Bonchev–Trinajstić information content (AvgIpc) is 3.17. The highest BCUT2D eigenvalue weighted by molar-refractivity contribution is 9.10. The fourth-order valence-corrected chi connectivity index (χ4v) is 2.53. The number of carbonyl (C=O) groups excluding carboxylic acids is 1. The molecule has 11 heteroatoms. The van der Waals surface area contributed by atoms with Crippen LogP contribution in [0.15, 0.2) is 64.4 Å². The average molecular weight is 459 g/mol. The van der Waals surface area contributed by atoms with Crippen molar-refractivity contribution in [2.75, 3.05) is 0 Å². The van der Waals surface area contributed by atoms with E-state index >= 15 is 0 Å². The second kappa shape index (κ2) is 9.55. The lowest BCUT2D eigenvalue weighted by Crippen LogP contribution is -2.23. The van der Waals surface area contributed by atoms with Gasteiger partial charge in [0.25, 0.3) is 5.91 Å². The first-order valence-corrected chi connectivity index (χ1v) is 9.12. The Kier molecular flexibility index (Phi) is 6.63. The van der Waals surface area contributed by atoms with Crippen LogP contribution in [0.2, 0.25) is 0 Å². The van der Waals surface area contributed by atoms with E-state index in [0.29, 0.717) is 17.9 Å². The molecular formula is C18H15BrN6O4. The Labute approximate surface area is 173 Å². The van der Waals surface area contributed by atoms with Crippen LogP contribution in [-0.2, 0) is 17.9 Å². The molecule has 1 amide bonds. The SMILES string of the molecule is O=C(Cn1cnc([N+](=O)[O-])n1)N/N=C/c1ccccc1OCc1ccc(Br)cc1. The van der Waals surface area contributed by atoms with Crippen LogP contribution in [0.4, 0.5) is 5.95 Å². The highest BCUT2D eigenvalue weighted by Crippen LogP contribution is 2.18. The number of aromatic nitrogens is 3. The first-order chi connectivity index (χ1) is 14.0. The van der Waals surface area contributed by atoms with E-state index in [9.17, 15) is 14.9 Å². The summed E-state index contributed by atoms with van der Waals surface area (Å²) >= 11 is 3.39. The van der Waals surface area contributed by atoms with Gasteiger partial charge in [0, 0.05) is 15.1 Å². The molecule has 0 saturated carbocycles. The second-order valence-corrected chi connectivity index (χ2v) is 6.66. The summed E-state index contributed by atoms with van der Waals surface area (Å²) in [5, 5.41) is 18.0. The predicted molar refractivity (Wildman–Crippen MR) is 107 cm³/mol. The molecule has 0 atom stereocenters. The molecule has 148 valence electrons. The molecule has 0 fully saturated rings. The quantitative estimate of drug-likeness (QED) is 0.314. The Hall–Kier alpha value is -3.60. The molecule has 0 aliphatic rings. The number of hydrazone groups is 1. The number of nitrogens with zero attached hydrogens (tertiary/aromatic N) is 5. The number of amides is 1. The van der Waals surface area contributed by atoms with Crippen LogP contribution in [0.1, 0.15) is 11.1 Å². The largest absolute Gasteiger partial charge is 0.490 e. The van der Waals surface area contributed by atoms with Gasteiger partial charge in [-0.05, 0) is 34.8 Å². The van der Waals surface area contributed by atoms with E-state index in [1.54, 1.807) is 12.1 Å². The highest BCUT2D eigenvalue weighted by atomic mass is 79.9. The van der Waals surface area contributed by atoms with Crippen LogP contribution < -0.4 is 10.2 Å². The lowest BCUT2D eigenvalue weighted by atomic mass is 10.2. The zero-order valence-electron chi connectivity index (χ0n) is 14.9. The van der Waals surface area contributed by atoms with Crippen molar-refractivity contribution in [3.05, 3.63) is 80.6 Å². The van der Waals surface area contributed by atoms with Crippen molar-refractivity contribution in [3.63, 3.8) is 0 Å². The zero-order valence-corrected chi connectivity index (χ0v) is 16.5. The van der Waals surface area contributed by atoms with Gasteiger partial charge in [0.1, 0.15) is 18.9 Å². The number of hydrogen-bond donors (Lipinski definition) is 1. The number of halogens is 1. The molecule has 3 rings (SSSR count).